The van der Waals surface area contributed by atoms with Crippen LogP contribution in [0.1, 0.15) is 35.3 Å². The molecule has 13 nitrogen and oxygen atoms in total. The fourth-order valence-corrected chi connectivity index (χ4v) is 4.65. The molecule has 4 atom stereocenters. The van der Waals surface area contributed by atoms with Crippen LogP contribution in [0.3, 0.4) is 0 Å². The van der Waals surface area contributed by atoms with Gasteiger partial charge in [0.2, 0.25) is 6.29 Å². The second-order valence-electron chi connectivity index (χ2n) is 9.79. The Morgan fingerprint density at radius 2 is 1.82 bits per heavy atom. The van der Waals surface area contributed by atoms with Gasteiger partial charge in [-0.1, -0.05) is 12.1 Å². The highest BCUT2D eigenvalue weighted by Crippen LogP contribution is 2.38. The van der Waals surface area contributed by atoms with E-state index in [1.165, 1.54) is 19.2 Å². The van der Waals surface area contributed by atoms with Crippen molar-refractivity contribution in [3.63, 3.8) is 0 Å². The van der Waals surface area contributed by atoms with Crippen LogP contribution in [-0.4, -0.2) is 59.5 Å². The van der Waals surface area contributed by atoms with E-state index in [1.807, 2.05) is 0 Å². The Bertz CT molecular complexity index is 1480. The van der Waals surface area contributed by atoms with Crippen LogP contribution in [0.4, 0.5) is 10.5 Å². The van der Waals surface area contributed by atoms with Crippen LogP contribution >= 0.6 is 0 Å². The summed E-state index contributed by atoms with van der Waals surface area (Å²) in [6, 6.07) is 9.31. The van der Waals surface area contributed by atoms with Gasteiger partial charge in [-0.15, -0.1) is 0 Å². The van der Waals surface area contributed by atoms with Crippen molar-refractivity contribution in [3.05, 3.63) is 63.5 Å². The van der Waals surface area contributed by atoms with Gasteiger partial charge in [-0.05, 0) is 50.6 Å². The fraction of sp³-hybridized carbons (Fsp3) is 0.370. The zero-order valence-corrected chi connectivity index (χ0v) is 22.3. The maximum atomic E-state index is 12.8. The summed E-state index contributed by atoms with van der Waals surface area (Å²) in [4.78, 5) is 36.9. The highest BCUT2D eigenvalue weighted by molar-refractivity contribution is 6.06. The highest BCUT2D eigenvalue weighted by atomic mass is 16.7. The molecule has 1 fully saturated rings. The van der Waals surface area contributed by atoms with E-state index in [1.54, 1.807) is 45.0 Å². The number of aliphatic hydroxyl groups is 1. The van der Waals surface area contributed by atoms with Gasteiger partial charge in [0.05, 0.1) is 11.0 Å². The first-order chi connectivity index (χ1) is 18.9. The van der Waals surface area contributed by atoms with Gasteiger partial charge < -0.3 is 50.4 Å². The summed E-state index contributed by atoms with van der Waals surface area (Å²) in [6.45, 7) is 5.19. The Balaban J connectivity index is 1.64. The number of aryl methyl sites for hydroxylation is 1. The van der Waals surface area contributed by atoms with E-state index in [9.17, 15) is 24.6 Å². The number of rotatable bonds is 7. The molecule has 0 unspecified atom stereocenters. The van der Waals surface area contributed by atoms with E-state index >= 15 is 0 Å². The molecular weight excluding hydrogens is 526 g/mol. The van der Waals surface area contributed by atoms with Gasteiger partial charge >= 0.3 is 11.7 Å². The van der Waals surface area contributed by atoms with Crippen molar-refractivity contribution in [3.8, 4) is 11.5 Å². The monoisotopic (exact) mass is 557 g/mol. The molecule has 0 saturated carbocycles. The number of fused-ring (bicyclic) bond motifs is 1. The molecule has 0 spiro atoms. The quantitative estimate of drug-likeness (QED) is 0.265. The molecule has 3 aromatic rings. The minimum Gasteiger partial charge on any atom is -0.505 e. The molecular formula is C27H31N3O10. The van der Waals surface area contributed by atoms with Crippen LogP contribution in [0, 0.1) is 6.92 Å². The smallest absolute Gasteiger partial charge is 0.404 e. The molecule has 0 radical (unpaired) electrons. The molecule has 214 valence electrons. The third-order valence-corrected chi connectivity index (χ3v) is 6.71. The average molecular weight is 558 g/mol. The zero-order chi connectivity index (χ0) is 29.4. The van der Waals surface area contributed by atoms with E-state index in [2.05, 4.69) is 5.32 Å². The summed E-state index contributed by atoms with van der Waals surface area (Å²) in [5, 5.41) is 24.3. The molecule has 1 saturated heterocycles. The second kappa shape index (κ2) is 11.1. The number of ether oxygens (including phenoxy) is 4. The maximum Gasteiger partial charge on any atom is 0.404 e. The molecule has 1 aromatic heterocycles. The summed E-state index contributed by atoms with van der Waals surface area (Å²) in [7, 11) is 1.37. The molecule has 2 heterocycles. The number of anilines is 1. The molecule has 0 bridgehead atoms. The lowest BCUT2D eigenvalue weighted by Crippen LogP contribution is -2.65. The molecule has 4 rings (SSSR count). The second-order valence-corrected chi connectivity index (χ2v) is 9.79. The number of amides is 2. The topological polar surface area (TPSA) is 206 Å². The van der Waals surface area contributed by atoms with Crippen molar-refractivity contribution in [2.24, 2.45) is 11.5 Å². The number of aromatic hydroxyl groups is 1. The summed E-state index contributed by atoms with van der Waals surface area (Å²) < 4.78 is 27.8. The maximum absolute atomic E-state index is 12.8. The van der Waals surface area contributed by atoms with Gasteiger partial charge in [-0.2, -0.15) is 0 Å². The first-order valence-electron chi connectivity index (χ1n) is 12.3. The Morgan fingerprint density at radius 1 is 1.15 bits per heavy atom. The molecule has 1 aliphatic heterocycles. The van der Waals surface area contributed by atoms with E-state index in [0.717, 1.165) is 5.56 Å². The Hall–Kier alpha value is -4.17. The SMILES string of the molecule is CO[C@@H]1[C@@H](OC(N)=O)[C@@H](O)[C@H](Oc2ccc3c(O)c(NC(=O)c4ccc(CN)cc4)c(=O)oc3c2C)OC1(C)C. The molecule has 13 heteroatoms. The number of nitrogens with one attached hydrogen (secondary N) is 1. The van der Waals surface area contributed by atoms with Crippen LogP contribution in [0.5, 0.6) is 11.5 Å². The third-order valence-electron chi connectivity index (χ3n) is 6.71. The third kappa shape index (κ3) is 5.45. The first kappa shape index (κ1) is 28.8. The van der Waals surface area contributed by atoms with Crippen molar-refractivity contribution >= 4 is 28.7 Å². The van der Waals surface area contributed by atoms with Gasteiger partial charge in [0.15, 0.2) is 23.6 Å². The number of aliphatic hydroxyl groups excluding tert-OH is 1. The number of hydrogen-bond acceptors (Lipinski definition) is 11. The minimum atomic E-state index is -1.50. The molecule has 2 amide bonds. The summed E-state index contributed by atoms with van der Waals surface area (Å²) in [5.41, 5.74) is 9.60. The number of methoxy groups -OCH3 is 1. The van der Waals surface area contributed by atoms with Crippen molar-refractivity contribution in [1.82, 2.24) is 0 Å². The fourth-order valence-electron chi connectivity index (χ4n) is 4.65. The lowest BCUT2D eigenvalue weighted by atomic mass is 9.89. The number of carbonyl (C=O) groups is 2. The molecule has 1 aliphatic rings. The largest absolute Gasteiger partial charge is 0.505 e. The number of benzene rings is 2. The van der Waals surface area contributed by atoms with E-state index in [4.69, 9.17) is 34.8 Å². The lowest BCUT2D eigenvalue weighted by molar-refractivity contribution is -0.304. The normalized spacial score (nSPS) is 22.1. The molecule has 2 aromatic carbocycles. The predicted molar refractivity (Wildman–Crippen MR) is 142 cm³/mol. The van der Waals surface area contributed by atoms with Crippen LogP contribution in [0.2, 0.25) is 0 Å². The zero-order valence-electron chi connectivity index (χ0n) is 22.3. The number of carbonyl (C=O) groups excluding carboxylic acids is 2. The summed E-state index contributed by atoms with van der Waals surface area (Å²) >= 11 is 0. The summed E-state index contributed by atoms with van der Waals surface area (Å²) in [6.07, 6.45) is -6.03. The number of nitrogens with two attached hydrogens (primary N) is 2. The van der Waals surface area contributed by atoms with Gasteiger partial charge in [-0.25, -0.2) is 9.59 Å². The molecule has 7 N–H and O–H groups in total. The summed E-state index contributed by atoms with van der Waals surface area (Å²) in [5.74, 6) is -0.989. The van der Waals surface area contributed by atoms with Gasteiger partial charge in [0, 0.05) is 24.8 Å². The van der Waals surface area contributed by atoms with E-state index in [0.29, 0.717) is 6.54 Å². The minimum absolute atomic E-state index is 0.0189. The standard InChI is InChI=1S/C27H31N3O10/c1-12-16(37-25-19(32)21(39-26(29)35)22(36-4)27(2,3)40-25)10-9-15-18(31)17(24(34)38-20(12)15)30-23(33)14-7-5-13(11-28)6-8-14/h5-10,19,21-22,25,31-32H,11,28H2,1-4H3,(H2,29,35)(H,30,33)/t19-,21+,22-,25-/m1/s1. The Labute approximate surface area is 228 Å². The van der Waals surface area contributed by atoms with Crippen molar-refractivity contribution in [1.29, 1.82) is 0 Å². The predicted octanol–water partition coefficient (Wildman–Crippen LogP) is 1.87. The van der Waals surface area contributed by atoms with Gasteiger partial charge in [0.1, 0.15) is 17.4 Å². The van der Waals surface area contributed by atoms with Gasteiger partial charge in [-0.3, -0.25) is 4.79 Å². The van der Waals surface area contributed by atoms with E-state index < -0.39 is 59.3 Å². The van der Waals surface area contributed by atoms with Crippen molar-refractivity contribution in [2.75, 3.05) is 12.4 Å². The van der Waals surface area contributed by atoms with Crippen molar-refractivity contribution < 1.29 is 43.2 Å². The average Bonchev–Trinajstić information content (AvgIpc) is 2.90. The van der Waals surface area contributed by atoms with Crippen LogP contribution < -0.4 is 27.1 Å². The van der Waals surface area contributed by atoms with Crippen molar-refractivity contribution in [2.45, 2.75) is 57.5 Å². The van der Waals surface area contributed by atoms with Gasteiger partial charge in [0.25, 0.3) is 5.91 Å². The Kier molecular flexibility index (Phi) is 8.03. The lowest BCUT2D eigenvalue weighted by Gasteiger charge is -2.47. The molecule has 0 aliphatic carbocycles. The molecule has 40 heavy (non-hydrogen) atoms. The first-order valence-corrected chi connectivity index (χ1v) is 12.3. The van der Waals surface area contributed by atoms with Crippen LogP contribution in [-0.2, 0) is 20.8 Å². The number of hydrogen-bond donors (Lipinski definition) is 5. The highest BCUT2D eigenvalue weighted by Gasteiger charge is 2.53. The number of primary amides is 1. The van der Waals surface area contributed by atoms with Crippen LogP contribution in [0.25, 0.3) is 11.0 Å². The Morgan fingerprint density at radius 3 is 2.42 bits per heavy atom. The van der Waals surface area contributed by atoms with E-state index in [-0.39, 0.29) is 27.8 Å². The van der Waals surface area contributed by atoms with Crippen LogP contribution in [0.15, 0.2) is 45.6 Å².